The molecule has 0 aromatic carbocycles. The van der Waals surface area contributed by atoms with Gasteiger partial charge in [-0.2, -0.15) is 13.2 Å². The lowest BCUT2D eigenvalue weighted by molar-refractivity contribution is -0.120. The minimum absolute atomic E-state index is 0.186. The average Bonchev–Trinajstić information content (AvgIpc) is 2.24. The molecule has 0 fully saturated rings. The summed E-state index contributed by atoms with van der Waals surface area (Å²) in [5.74, 6) is 0.488. The van der Waals surface area contributed by atoms with Gasteiger partial charge in [-0.15, -0.1) is 11.6 Å². The van der Waals surface area contributed by atoms with E-state index in [-0.39, 0.29) is 11.9 Å². The summed E-state index contributed by atoms with van der Waals surface area (Å²) in [6, 6.07) is 4.62. The van der Waals surface area contributed by atoms with Gasteiger partial charge in [-0.05, 0) is 26.0 Å². The van der Waals surface area contributed by atoms with Crippen molar-refractivity contribution in [3.8, 4) is 0 Å². The molecule has 96 valence electrons. The quantitative estimate of drug-likeness (QED) is 0.774. The van der Waals surface area contributed by atoms with E-state index in [0.717, 1.165) is 0 Å². The largest absolute Gasteiger partial charge is 0.405 e. The minimum Gasteiger partial charge on any atom is -0.345 e. The zero-order valence-corrected chi connectivity index (χ0v) is 10.4. The molecular formula is C11H14ClF3N2. The molecule has 0 unspecified atom stereocenters. The normalized spacial score (nSPS) is 11.9. The second-order valence-corrected chi connectivity index (χ2v) is 4.22. The van der Waals surface area contributed by atoms with E-state index >= 15 is 0 Å². The number of alkyl halides is 4. The Labute approximate surface area is 103 Å². The maximum absolute atomic E-state index is 12.4. The van der Waals surface area contributed by atoms with E-state index in [1.54, 1.807) is 32.0 Å². The molecule has 0 aliphatic rings. The molecule has 2 nitrogen and oxygen atoms in total. The molecule has 0 aliphatic carbocycles. The zero-order valence-electron chi connectivity index (χ0n) is 9.63. The Hall–Kier alpha value is -0.970. The van der Waals surface area contributed by atoms with E-state index in [4.69, 9.17) is 11.6 Å². The van der Waals surface area contributed by atoms with Crippen LogP contribution < -0.4 is 4.90 Å². The van der Waals surface area contributed by atoms with Crippen LogP contribution in [0.1, 0.15) is 19.5 Å². The molecule has 17 heavy (non-hydrogen) atoms. The van der Waals surface area contributed by atoms with Crippen molar-refractivity contribution in [1.82, 2.24) is 4.98 Å². The van der Waals surface area contributed by atoms with Gasteiger partial charge in [0.1, 0.15) is 12.4 Å². The summed E-state index contributed by atoms with van der Waals surface area (Å²) in [5, 5.41) is 0. The third-order valence-electron chi connectivity index (χ3n) is 2.20. The van der Waals surface area contributed by atoms with Crippen LogP contribution in [0.5, 0.6) is 0 Å². The molecule has 0 amide bonds. The van der Waals surface area contributed by atoms with E-state index in [9.17, 15) is 13.2 Å². The Balaban J connectivity index is 2.97. The van der Waals surface area contributed by atoms with Crippen LogP contribution in [0.25, 0.3) is 0 Å². The summed E-state index contributed by atoms with van der Waals surface area (Å²) < 4.78 is 37.3. The van der Waals surface area contributed by atoms with Crippen LogP contribution in [-0.4, -0.2) is 23.7 Å². The molecule has 0 spiro atoms. The fourth-order valence-electron chi connectivity index (χ4n) is 1.42. The van der Waals surface area contributed by atoms with Gasteiger partial charge < -0.3 is 4.90 Å². The second kappa shape index (κ2) is 5.58. The third-order valence-corrected chi connectivity index (χ3v) is 2.47. The molecule has 0 radical (unpaired) electrons. The van der Waals surface area contributed by atoms with Gasteiger partial charge in [0, 0.05) is 6.04 Å². The SMILES string of the molecule is CC(C)N(CC(F)(F)F)c1cccc(CCl)n1. The highest BCUT2D eigenvalue weighted by Crippen LogP contribution is 2.23. The van der Waals surface area contributed by atoms with Crippen LogP contribution in [-0.2, 0) is 5.88 Å². The number of aromatic nitrogens is 1. The van der Waals surface area contributed by atoms with Crippen LogP contribution in [0, 0.1) is 0 Å². The molecule has 6 heteroatoms. The molecule has 0 atom stereocenters. The summed E-state index contributed by atoms with van der Waals surface area (Å²) in [6.07, 6.45) is -4.25. The molecule has 1 aromatic heterocycles. The first-order valence-corrected chi connectivity index (χ1v) is 5.72. The monoisotopic (exact) mass is 266 g/mol. The number of pyridine rings is 1. The van der Waals surface area contributed by atoms with E-state index in [2.05, 4.69) is 4.98 Å². The smallest absolute Gasteiger partial charge is 0.345 e. The molecule has 0 saturated heterocycles. The van der Waals surface area contributed by atoms with Crippen molar-refractivity contribution in [1.29, 1.82) is 0 Å². The Morgan fingerprint density at radius 3 is 2.47 bits per heavy atom. The number of hydrogen-bond acceptors (Lipinski definition) is 2. The molecular weight excluding hydrogens is 253 g/mol. The van der Waals surface area contributed by atoms with Crippen molar-refractivity contribution < 1.29 is 13.2 Å². The van der Waals surface area contributed by atoms with Gasteiger partial charge >= 0.3 is 6.18 Å². The lowest BCUT2D eigenvalue weighted by Crippen LogP contribution is -2.39. The van der Waals surface area contributed by atoms with E-state index in [1.165, 1.54) is 4.90 Å². The van der Waals surface area contributed by atoms with Gasteiger partial charge in [-0.25, -0.2) is 4.98 Å². The van der Waals surface area contributed by atoms with Crippen molar-refractivity contribution in [3.05, 3.63) is 23.9 Å². The number of anilines is 1. The average molecular weight is 267 g/mol. The molecule has 0 aliphatic heterocycles. The highest BCUT2D eigenvalue weighted by molar-refractivity contribution is 6.16. The summed E-state index contributed by atoms with van der Waals surface area (Å²) in [4.78, 5) is 5.30. The maximum Gasteiger partial charge on any atom is 0.405 e. The first-order valence-electron chi connectivity index (χ1n) is 5.19. The number of nitrogens with zero attached hydrogens (tertiary/aromatic N) is 2. The Morgan fingerprint density at radius 1 is 1.35 bits per heavy atom. The Morgan fingerprint density at radius 2 is 2.00 bits per heavy atom. The van der Waals surface area contributed by atoms with Crippen molar-refractivity contribution in [2.45, 2.75) is 31.9 Å². The van der Waals surface area contributed by atoms with Gasteiger partial charge in [-0.3, -0.25) is 0 Å². The van der Waals surface area contributed by atoms with Gasteiger partial charge in [0.2, 0.25) is 0 Å². The number of hydrogen-bond donors (Lipinski definition) is 0. The molecule has 0 saturated carbocycles. The van der Waals surface area contributed by atoms with Gasteiger partial charge in [0.05, 0.1) is 11.6 Å². The molecule has 1 aromatic rings. The van der Waals surface area contributed by atoms with E-state index in [1.807, 2.05) is 0 Å². The van der Waals surface area contributed by atoms with Crippen molar-refractivity contribution >= 4 is 17.4 Å². The second-order valence-electron chi connectivity index (χ2n) is 3.96. The van der Waals surface area contributed by atoms with Gasteiger partial charge in [0.25, 0.3) is 0 Å². The first-order chi connectivity index (χ1) is 7.83. The summed E-state index contributed by atoms with van der Waals surface area (Å²) >= 11 is 5.61. The van der Waals surface area contributed by atoms with Crippen LogP contribution in [0.4, 0.5) is 19.0 Å². The zero-order chi connectivity index (χ0) is 13.1. The van der Waals surface area contributed by atoms with Crippen molar-refractivity contribution in [2.75, 3.05) is 11.4 Å². The molecule has 0 N–H and O–H groups in total. The highest BCUT2D eigenvalue weighted by atomic mass is 35.5. The predicted molar refractivity (Wildman–Crippen MR) is 62.3 cm³/mol. The van der Waals surface area contributed by atoms with Crippen LogP contribution in [0.3, 0.4) is 0 Å². The Kier molecular flexibility index (Phi) is 4.62. The van der Waals surface area contributed by atoms with Crippen LogP contribution >= 0.6 is 11.6 Å². The topological polar surface area (TPSA) is 16.1 Å². The molecule has 1 rings (SSSR count). The maximum atomic E-state index is 12.4. The number of halogens is 4. The van der Waals surface area contributed by atoms with Gasteiger partial charge in [-0.1, -0.05) is 6.07 Å². The van der Waals surface area contributed by atoms with Crippen LogP contribution in [0.2, 0.25) is 0 Å². The first kappa shape index (κ1) is 14.1. The standard InChI is InChI=1S/C11H14ClF3N2/c1-8(2)17(7-11(13,14)15)10-5-3-4-9(6-12)16-10/h3-5,8H,6-7H2,1-2H3. The summed E-state index contributed by atoms with van der Waals surface area (Å²) in [7, 11) is 0. The lowest BCUT2D eigenvalue weighted by Gasteiger charge is -2.28. The summed E-state index contributed by atoms with van der Waals surface area (Å²) in [6.45, 7) is 2.38. The Bertz CT molecular complexity index is 366. The summed E-state index contributed by atoms with van der Waals surface area (Å²) in [5.41, 5.74) is 0.567. The minimum atomic E-state index is -4.25. The number of rotatable bonds is 4. The lowest BCUT2D eigenvalue weighted by atomic mass is 10.3. The van der Waals surface area contributed by atoms with E-state index < -0.39 is 12.7 Å². The fraction of sp³-hybridized carbons (Fsp3) is 0.545. The van der Waals surface area contributed by atoms with Crippen molar-refractivity contribution in [2.24, 2.45) is 0 Å². The molecule has 1 heterocycles. The van der Waals surface area contributed by atoms with E-state index in [0.29, 0.717) is 11.5 Å². The third kappa shape index (κ3) is 4.42. The van der Waals surface area contributed by atoms with Gasteiger partial charge in [0.15, 0.2) is 0 Å². The van der Waals surface area contributed by atoms with Crippen molar-refractivity contribution in [3.63, 3.8) is 0 Å². The molecule has 0 bridgehead atoms. The highest BCUT2D eigenvalue weighted by Gasteiger charge is 2.32. The fourth-order valence-corrected chi connectivity index (χ4v) is 1.57. The van der Waals surface area contributed by atoms with Crippen LogP contribution in [0.15, 0.2) is 18.2 Å². The predicted octanol–water partition coefficient (Wildman–Crippen LogP) is 3.60.